The van der Waals surface area contributed by atoms with Gasteiger partial charge in [-0.3, -0.25) is 9.59 Å². The second-order valence-electron chi connectivity index (χ2n) is 2.90. The Labute approximate surface area is 89.8 Å². The lowest BCUT2D eigenvalue weighted by Crippen LogP contribution is -2.01. The number of rotatable bonds is 3. The summed E-state index contributed by atoms with van der Waals surface area (Å²) in [7, 11) is 0. The maximum Gasteiger partial charge on any atom is 0.266 e. The van der Waals surface area contributed by atoms with Gasteiger partial charge in [0.1, 0.15) is 0 Å². The van der Waals surface area contributed by atoms with E-state index in [0.717, 1.165) is 6.07 Å². The standard InChI is InChI=1S/C10H7ClF2O2/c1-5(15)7-3-2-6(4-14)8(9(7)11)10(12)13/h2-4,10H,1H3. The fourth-order valence-corrected chi connectivity index (χ4v) is 1.59. The van der Waals surface area contributed by atoms with E-state index >= 15 is 0 Å². The third kappa shape index (κ3) is 2.21. The lowest BCUT2D eigenvalue weighted by atomic mass is 10.0. The van der Waals surface area contributed by atoms with Crippen molar-refractivity contribution in [2.24, 2.45) is 0 Å². The quantitative estimate of drug-likeness (QED) is 0.592. The number of aldehydes is 1. The van der Waals surface area contributed by atoms with Crippen LogP contribution in [0.4, 0.5) is 8.78 Å². The number of hydrogen-bond acceptors (Lipinski definition) is 2. The average Bonchev–Trinajstić information content (AvgIpc) is 2.15. The average molecular weight is 233 g/mol. The van der Waals surface area contributed by atoms with Crippen molar-refractivity contribution in [3.63, 3.8) is 0 Å². The zero-order valence-corrected chi connectivity index (χ0v) is 8.52. The van der Waals surface area contributed by atoms with Gasteiger partial charge < -0.3 is 0 Å². The van der Waals surface area contributed by atoms with E-state index in [-0.39, 0.29) is 22.4 Å². The van der Waals surface area contributed by atoms with E-state index in [9.17, 15) is 18.4 Å². The second kappa shape index (κ2) is 4.49. The number of ketones is 1. The first kappa shape index (κ1) is 11.8. The van der Waals surface area contributed by atoms with Crippen LogP contribution in [-0.4, -0.2) is 12.1 Å². The van der Waals surface area contributed by atoms with E-state index in [1.165, 1.54) is 13.0 Å². The minimum absolute atomic E-state index is 0.00225. The van der Waals surface area contributed by atoms with Crippen LogP contribution in [0.15, 0.2) is 12.1 Å². The Balaban J connectivity index is 3.49. The van der Waals surface area contributed by atoms with E-state index < -0.39 is 17.8 Å². The van der Waals surface area contributed by atoms with E-state index in [2.05, 4.69) is 0 Å². The largest absolute Gasteiger partial charge is 0.298 e. The summed E-state index contributed by atoms with van der Waals surface area (Å²) in [5.41, 5.74) is -0.781. The molecule has 0 amide bonds. The molecule has 1 rings (SSSR count). The Morgan fingerprint density at radius 3 is 2.47 bits per heavy atom. The molecule has 2 nitrogen and oxygen atoms in total. The molecule has 0 aromatic heterocycles. The smallest absolute Gasteiger partial charge is 0.266 e. The molecule has 0 saturated carbocycles. The Hall–Kier alpha value is -1.29. The van der Waals surface area contributed by atoms with Crippen LogP contribution in [0.1, 0.15) is 39.6 Å². The first-order chi connectivity index (χ1) is 6.99. The van der Waals surface area contributed by atoms with Crippen molar-refractivity contribution < 1.29 is 18.4 Å². The van der Waals surface area contributed by atoms with Gasteiger partial charge in [0, 0.05) is 16.7 Å². The van der Waals surface area contributed by atoms with Crippen molar-refractivity contribution >= 4 is 23.7 Å². The minimum atomic E-state index is -2.88. The Morgan fingerprint density at radius 1 is 1.47 bits per heavy atom. The molecule has 0 N–H and O–H groups in total. The summed E-state index contributed by atoms with van der Waals surface area (Å²) < 4.78 is 25.1. The van der Waals surface area contributed by atoms with Gasteiger partial charge in [0.15, 0.2) is 12.1 Å². The highest BCUT2D eigenvalue weighted by molar-refractivity contribution is 6.35. The van der Waals surface area contributed by atoms with Gasteiger partial charge in [-0.1, -0.05) is 17.7 Å². The van der Waals surface area contributed by atoms with Crippen LogP contribution in [0, 0.1) is 0 Å². The summed E-state index contributed by atoms with van der Waals surface area (Å²) >= 11 is 5.62. The van der Waals surface area contributed by atoms with Crippen molar-refractivity contribution in [3.8, 4) is 0 Å². The molecule has 0 aliphatic rings. The predicted octanol–water partition coefficient (Wildman–Crippen LogP) is 3.29. The third-order valence-electron chi connectivity index (χ3n) is 1.94. The lowest BCUT2D eigenvalue weighted by molar-refractivity contribution is 0.101. The molecule has 0 aliphatic carbocycles. The number of carbonyl (C=O) groups excluding carboxylic acids is 2. The van der Waals surface area contributed by atoms with Crippen molar-refractivity contribution in [1.29, 1.82) is 0 Å². The van der Waals surface area contributed by atoms with Crippen molar-refractivity contribution in [1.82, 2.24) is 0 Å². The summed E-state index contributed by atoms with van der Waals surface area (Å²) in [6.45, 7) is 1.22. The second-order valence-corrected chi connectivity index (χ2v) is 3.28. The van der Waals surface area contributed by atoms with Crippen molar-refractivity contribution in [2.45, 2.75) is 13.3 Å². The summed E-state index contributed by atoms with van der Waals surface area (Å²) in [5.74, 6) is -0.417. The van der Waals surface area contributed by atoms with Crippen LogP contribution in [0.2, 0.25) is 5.02 Å². The minimum Gasteiger partial charge on any atom is -0.298 e. The van der Waals surface area contributed by atoms with Gasteiger partial charge in [-0.25, -0.2) is 8.78 Å². The Bertz CT molecular complexity index is 416. The molecule has 5 heteroatoms. The van der Waals surface area contributed by atoms with Crippen LogP contribution in [-0.2, 0) is 0 Å². The van der Waals surface area contributed by atoms with E-state index in [1.54, 1.807) is 0 Å². The van der Waals surface area contributed by atoms with Crippen molar-refractivity contribution in [2.75, 3.05) is 0 Å². The van der Waals surface area contributed by atoms with Gasteiger partial charge in [0.25, 0.3) is 6.43 Å². The highest BCUT2D eigenvalue weighted by Gasteiger charge is 2.20. The van der Waals surface area contributed by atoms with Crippen LogP contribution >= 0.6 is 11.6 Å². The van der Waals surface area contributed by atoms with Crippen LogP contribution in [0.5, 0.6) is 0 Å². The zero-order valence-electron chi connectivity index (χ0n) is 7.76. The molecule has 0 bridgehead atoms. The highest BCUT2D eigenvalue weighted by Crippen LogP contribution is 2.32. The number of carbonyl (C=O) groups is 2. The van der Waals surface area contributed by atoms with Crippen LogP contribution in [0.3, 0.4) is 0 Å². The molecular weight excluding hydrogens is 226 g/mol. The third-order valence-corrected chi connectivity index (χ3v) is 2.35. The Kier molecular flexibility index (Phi) is 3.52. The number of halogens is 3. The molecule has 0 heterocycles. The number of hydrogen-bond donors (Lipinski definition) is 0. The summed E-state index contributed by atoms with van der Waals surface area (Å²) in [6, 6.07) is 2.43. The van der Waals surface area contributed by atoms with Gasteiger partial charge in [-0.2, -0.15) is 0 Å². The van der Waals surface area contributed by atoms with Gasteiger partial charge in [-0.15, -0.1) is 0 Å². The molecule has 1 aromatic rings. The maximum atomic E-state index is 12.6. The molecule has 0 atom stereocenters. The van der Waals surface area contributed by atoms with Gasteiger partial charge in [0.2, 0.25) is 0 Å². The monoisotopic (exact) mass is 232 g/mol. The first-order valence-electron chi connectivity index (χ1n) is 4.05. The summed E-state index contributed by atoms with van der Waals surface area (Å²) in [6.07, 6.45) is -2.59. The SMILES string of the molecule is CC(=O)c1ccc(C=O)c(C(F)F)c1Cl. The number of benzene rings is 1. The fraction of sp³-hybridized carbons (Fsp3) is 0.200. The molecule has 0 saturated heterocycles. The van der Waals surface area contributed by atoms with Crippen LogP contribution < -0.4 is 0 Å². The van der Waals surface area contributed by atoms with Gasteiger partial charge in [-0.05, 0) is 13.0 Å². The first-order valence-corrected chi connectivity index (χ1v) is 4.43. The molecule has 0 radical (unpaired) electrons. The van der Waals surface area contributed by atoms with E-state index in [0.29, 0.717) is 0 Å². The molecule has 1 aromatic carbocycles. The van der Waals surface area contributed by atoms with Crippen LogP contribution in [0.25, 0.3) is 0 Å². The van der Waals surface area contributed by atoms with Crippen molar-refractivity contribution in [3.05, 3.63) is 33.8 Å². The summed E-state index contributed by atoms with van der Waals surface area (Å²) in [4.78, 5) is 21.5. The molecule has 80 valence electrons. The van der Waals surface area contributed by atoms with E-state index in [1.807, 2.05) is 0 Å². The molecule has 0 fully saturated rings. The molecule has 0 aliphatic heterocycles. The zero-order chi connectivity index (χ0) is 11.6. The normalized spacial score (nSPS) is 10.5. The summed E-state index contributed by atoms with van der Waals surface area (Å²) in [5, 5.41) is -0.345. The molecular formula is C10H7ClF2O2. The topological polar surface area (TPSA) is 34.1 Å². The highest BCUT2D eigenvalue weighted by atomic mass is 35.5. The van der Waals surface area contributed by atoms with Gasteiger partial charge >= 0.3 is 0 Å². The molecule has 0 unspecified atom stereocenters. The number of Topliss-reactive ketones (excluding diaryl/α,β-unsaturated/α-hetero) is 1. The van der Waals surface area contributed by atoms with E-state index in [4.69, 9.17) is 11.6 Å². The fourth-order valence-electron chi connectivity index (χ4n) is 1.20. The molecule has 0 spiro atoms. The Morgan fingerprint density at radius 2 is 2.07 bits per heavy atom. The predicted molar refractivity (Wildman–Crippen MR) is 51.8 cm³/mol. The molecule has 15 heavy (non-hydrogen) atoms. The lowest BCUT2D eigenvalue weighted by Gasteiger charge is -2.09. The number of alkyl halides is 2. The maximum absolute atomic E-state index is 12.6. The van der Waals surface area contributed by atoms with Gasteiger partial charge in [0.05, 0.1) is 5.02 Å².